The summed E-state index contributed by atoms with van der Waals surface area (Å²) >= 11 is 0. The first kappa shape index (κ1) is 30.3. The number of aromatic nitrogens is 4. The molecule has 5 atom stereocenters. The zero-order chi connectivity index (χ0) is 31.3. The number of hydrogen-bond donors (Lipinski definition) is 3. The minimum Gasteiger partial charge on any atom is -0.489 e. The van der Waals surface area contributed by atoms with E-state index >= 15 is 0 Å². The van der Waals surface area contributed by atoms with Gasteiger partial charge in [0.15, 0.2) is 16.7 Å². The van der Waals surface area contributed by atoms with Crippen LogP contribution >= 0.6 is 0 Å². The molecular weight excluding hydrogens is 568 g/mol. The third-order valence-corrected chi connectivity index (χ3v) is 8.98. The molecule has 6 heterocycles. The molecule has 4 aromatic rings. The standard InChI is InChI=1S/C22H28O5.C10H12N4O3/c1-6-7-13-10-15(23)26-21-16(13)20-14(8-9-22(4,5)27-20)19-17(21)18(24)11(2)12(3)25-19;15-3-6-1-2-7(17-6)14-5-13-8-9(14)11-4-12-10(8)16/h10-12,18,24H,6-9H2,1-5H3;4-7,15H,1-3H2,(H,11,12,16)/t11-,12-,18-;6-,7+/m00/s1. The molecule has 44 heavy (non-hydrogen) atoms. The summed E-state index contributed by atoms with van der Waals surface area (Å²) in [6.45, 7) is 10.2. The van der Waals surface area contributed by atoms with Crippen LogP contribution in [0.2, 0.25) is 0 Å². The van der Waals surface area contributed by atoms with E-state index in [1.54, 1.807) is 17.0 Å². The van der Waals surface area contributed by atoms with Crippen molar-refractivity contribution in [3.8, 4) is 11.5 Å². The van der Waals surface area contributed by atoms with Gasteiger partial charge in [0.25, 0.3) is 5.56 Å². The number of imidazole rings is 1. The number of aromatic amines is 1. The number of aliphatic hydroxyl groups is 2. The summed E-state index contributed by atoms with van der Waals surface area (Å²) < 4.78 is 25.6. The molecule has 3 N–H and O–H groups in total. The van der Waals surface area contributed by atoms with Gasteiger partial charge >= 0.3 is 5.63 Å². The molecule has 0 saturated carbocycles. The first-order valence-corrected chi connectivity index (χ1v) is 15.4. The molecule has 12 heteroatoms. The Hall–Kier alpha value is -3.74. The first-order valence-electron chi connectivity index (χ1n) is 15.4. The molecule has 0 aliphatic carbocycles. The Balaban J connectivity index is 0.000000173. The molecule has 1 fully saturated rings. The summed E-state index contributed by atoms with van der Waals surface area (Å²) in [6.07, 6.45) is 6.58. The maximum absolute atomic E-state index is 12.3. The van der Waals surface area contributed by atoms with Crippen molar-refractivity contribution < 1.29 is 28.8 Å². The molecule has 7 rings (SSSR count). The van der Waals surface area contributed by atoms with E-state index in [9.17, 15) is 14.7 Å². The van der Waals surface area contributed by atoms with E-state index in [2.05, 4.69) is 35.7 Å². The second kappa shape index (κ2) is 11.6. The number of rotatable bonds is 4. The van der Waals surface area contributed by atoms with Crippen molar-refractivity contribution in [2.45, 2.75) is 103 Å². The summed E-state index contributed by atoms with van der Waals surface area (Å²) in [7, 11) is 0. The molecule has 1 aromatic carbocycles. The van der Waals surface area contributed by atoms with Gasteiger partial charge in [0.1, 0.15) is 29.4 Å². The van der Waals surface area contributed by atoms with Gasteiger partial charge in [0.2, 0.25) is 0 Å². The average Bonchev–Trinajstić information content (AvgIpc) is 3.63. The van der Waals surface area contributed by atoms with E-state index in [4.69, 9.17) is 23.7 Å². The van der Waals surface area contributed by atoms with Gasteiger partial charge in [-0.1, -0.05) is 20.3 Å². The summed E-state index contributed by atoms with van der Waals surface area (Å²) in [5.74, 6) is 1.30. The third kappa shape index (κ3) is 5.28. The van der Waals surface area contributed by atoms with Gasteiger partial charge in [-0.3, -0.25) is 9.36 Å². The van der Waals surface area contributed by atoms with E-state index in [1.807, 2.05) is 13.8 Å². The molecule has 0 spiro atoms. The van der Waals surface area contributed by atoms with Crippen molar-refractivity contribution in [2.24, 2.45) is 5.92 Å². The molecule has 0 bridgehead atoms. The van der Waals surface area contributed by atoms with Gasteiger partial charge in [-0.25, -0.2) is 14.8 Å². The van der Waals surface area contributed by atoms with Crippen molar-refractivity contribution >= 4 is 22.1 Å². The summed E-state index contributed by atoms with van der Waals surface area (Å²) in [6, 6.07) is 1.56. The number of H-pyrrole nitrogens is 1. The van der Waals surface area contributed by atoms with Crippen LogP contribution in [0.4, 0.5) is 0 Å². The van der Waals surface area contributed by atoms with E-state index in [-0.39, 0.29) is 42.1 Å². The number of ether oxygens (including phenoxy) is 3. The molecule has 12 nitrogen and oxygen atoms in total. The molecule has 1 saturated heterocycles. The number of benzene rings is 1. The highest BCUT2D eigenvalue weighted by molar-refractivity contribution is 5.94. The van der Waals surface area contributed by atoms with Crippen LogP contribution < -0.4 is 20.7 Å². The quantitative estimate of drug-likeness (QED) is 0.288. The van der Waals surface area contributed by atoms with E-state index in [0.717, 1.165) is 60.8 Å². The lowest BCUT2D eigenvalue weighted by Gasteiger charge is -2.39. The third-order valence-electron chi connectivity index (χ3n) is 8.98. The van der Waals surface area contributed by atoms with E-state index in [1.165, 1.54) is 6.33 Å². The van der Waals surface area contributed by atoms with Crippen LogP contribution in [0.25, 0.3) is 22.1 Å². The van der Waals surface area contributed by atoms with Crippen molar-refractivity contribution in [3.63, 3.8) is 0 Å². The fourth-order valence-corrected chi connectivity index (χ4v) is 6.37. The predicted octanol–water partition coefficient (Wildman–Crippen LogP) is 4.09. The lowest BCUT2D eigenvalue weighted by atomic mass is 9.83. The number of fused-ring (bicyclic) bond motifs is 7. The molecule has 3 aliphatic rings. The maximum Gasteiger partial charge on any atom is 0.336 e. The van der Waals surface area contributed by atoms with Gasteiger partial charge in [0, 0.05) is 17.5 Å². The molecule has 3 aliphatic heterocycles. The molecule has 236 valence electrons. The number of aryl methyl sites for hydroxylation is 1. The van der Waals surface area contributed by atoms with Crippen molar-refractivity contribution in [2.75, 3.05) is 6.61 Å². The van der Waals surface area contributed by atoms with Crippen molar-refractivity contribution in [1.29, 1.82) is 0 Å². The zero-order valence-corrected chi connectivity index (χ0v) is 25.8. The highest BCUT2D eigenvalue weighted by Crippen LogP contribution is 2.52. The fraction of sp³-hybridized carbons (Fsp3) is 0.562. The Morgan fingerprint density at radius 1 is 1.16 bits per heavy atom. The van der Waals surface area contributed by atoms with Crippen LogP contribution in [0.15, 0.2) is 32.7 Å². The second-order valence-electron chi connectivity index (χ2n) is 12.6. The molecular formula is C32H40N4O8. The summed E-state index contributed by atoms with van der Waals surface area (Å²) in [5.41, 5.74) is 2.78. The van der Waals surface area contributed by atoms with E-state index < -0.39 is 11.7 Å². The highest BCUT2D eigenvalue weighted by Gasteiger charge is 2.41. The molecule has 0 unspecified atom stereocenters. The fourth-order valence-electron chi connectivity index (χ4n) is 6.37. The normalized spacial score (nSPS) is 25.5. The lowest BCUT2D eigenvalue weighted by molar-refractivity contribution is -0.0207. The van der Waals surface area contributed by atoms with Gasteiger partial charge < -0.3 is 33.8 Å². The van der Waals surface area contributed by atoms with Gasteiger partial charge in [0.05, 0.1) is 42.4 Å². The average molecular weight is 609 g/mol. The molecule has 0 amide bonds. The molecule has 0 radical (unpaired) electrons. The van der Waals surface area contributed by atoms with Crippen molar-refractivity contribution in [3.05, 3.63) is 56.2 Å². The van der Waals surface area contributed by atoms with Gasteiger partial charge in [-0.2, -0.15) is 0 Å². The van der Waals surface area contributed by atoms with Crippen LogP contribution in [0.5, 0.6) is 11.5 Å². The highest BCUT2D eigenvalue weighted by atomic mass is 16.5. The Bertz CT molecular complexity index is 1810. The largest absolute Gasteiger partial charge is 0.489 e. The van der Waals surface area contributed by atoms with Crippen LogP contribution in [-0.2, 0) is 17.6 Å². The Morgan fingerprint density at radius 2 is 1.95 bits per heavy atom. The summed E-state index contributed by atoms with van der Waals surface area (Å²) in [4.78, 5) is 34.4. The van der Waals surface area contributed by atoms with Crippen LogP contribution in [0, 0.1) is 5.92 Å². The Labute approximate surface area is 254 Å². The topological polar surface area (TPSA) is 162 Å². The van der Waals surface area contributed by atoms with Crippen LogP contribution in [-0.4, -0.2) is 54.1 Å². The second-order valence-corrected chi connectivity index (χ2v) is 12.6. The van der Waals surface area contributed by atoms with Crippen LogP contribution in [0.3, 0.4) is 0 Å². The Kier molecular flexibility index (Phi) is 8.02. The minimum absolute atomic E-state index is 0.0111. The smallest absolute Gasteiger partial charge is 0.336 e. The van der Waals surface area contributed by atoms with Crippen LogP contribution in [0.1, 0.15) is 89.3 Å². The van der Waals surface area contributed by atoms with E-state index in [0.29, 0.717) is 28.1 Å². The number of hydrogen-bond acceptors (Lipinski definition) is 10. The maximum atomic E-state index is 12.3. The van der Waals surface area contributed by atoms with Gasteiger partial charge in [-0.05, 0) is 58.4 Å². The number of nitrogens with one attached hydrogen (secondary N) is 1. The Morgan fingerprint density at radius 3 is 2.68 bits per heavy atom. The number of nitrogens with zero attached hydrogens (tertiary/aromatic N) is 3. The SMILES string of the molecule is CCCc1cc(=O)oc2c3c(c4c(c12)OC(C)(C)CC4)O[C@@H](C)[C@H](C)[C@@H]3O.O=c1[nH]cnc2c1ncn2[C@H]1CC[C@@H](CO)O1. The minimum atomic E-state index is -0.744. The first-order chi connectivity index (χ1) is 21.0. The van der Waals surface area contributed by atoms with Crippen molar-refractivity contribution in [1.82, 2.24) is 19.5 Å². The van der Waals surface area contributed by atoms with Gasteiger partial charge in [-0.15, -0.1) is 0 Å². The number of aliphatic hydroxyl groups excluding tert-OH is 2. The zero-order valence-electron chi connectivity index (χ0n) is 25.8. The monoisotopic (exact) mass is 608 g/mol. The predicted molar refractivity (Wildman–Crippen MR) is 162 cm³/mol. The summed E-state index contributed by atoms with van der Waals surface area (Å²) in [5, 5.41) is 20.9. The lowest BCUT2D eigenvalue weighted by Crippen LogP contribution is -2.36. The molecule has 3 aromatic heterocycles.